The van der Waals surface area contributed by atoms with Crippen LogP contribution in [0.15, 0.2) is 18.3 Å². The van der Waals surface area contributed by atoms with E-state index in [0.717, 1.165) is 17.7 Å². The molecule has 0 radical (unpaired) electrons. The average molecular weight is 336 g/mol. The third kappa shape index (κ3) is 3.40. The number of nitrogens with zero attached hydrogens (tertiary/aromatic N) is 3. The molecule has 0 saturated heterocycles. The van der Waals surface area contributed by atoms with Crippen LogP contribution in [0.25, 0.3) is 0 Å². The van der Waals surface area contributed by atoms with Crippen LogP contribution in [0.3, 0.4) is 0 Å². The van der Waals surface area contributed by atoms with Crippen molar-refractivity contribution >= 4 is 5.82 Å². The third-order valence-corrected chi connectivity index (χ3v) is 5.14. The molecule has 0 bridgehead atoms. The van der Waals surface area contributed by atoms with Gasteiger partial charge in [0.2, 0.25) is 0 Å². The Morgan fingerprint density at radius 3 is 2.80 bits per heavy atom. The molecule has 0 aromatic carbocycles. The second-order valence-corrected chi connectivity index (χ2v) is 7.06. The van der Waals surface area contributed by atoms with Gasteiger partial charge in [0, 0.05) is 29.4 Å². The van der Waals surface area contributed by atoms with Gasteiger partial charge >= 0.3 is 0 Å². The number of nitrogen functional groups attached to an aromatic ring is 1. The Kier molecular flexibility index (Phi) is 4.46. The van der Waals surface area contributed by atoms with Gasteiger partial charge in [-0.15, -0.1) is 0 Å². The fourth-order valence-corrected chi connectivity index (χ4v) is 3.77. The molecule has 4 rings (SSSR count). The number of anilines is 1. The highest BCUT2D eigenvalue weighted by Crippen LogP contribution is 2.33. The number of rotatable bonds is 1. The van der Waals surface area contributed by atoms with E-state index < -0.39 is 0 Å². The van der Waals surface area contributed by atoms with Gasteiger partial charge in [0.05, 0.1) is 18.8 Å². The number of hydrogen-bond acceptors (Lipinski definition) is 4. The Balaban J connectivity index is 1.69. The van der Waals surface area contributed by atoms with Gasteiger partial charge in [-0.1, -0.05) is 25.2 Å². The molecule has 0 amide bonds. The molecule has 1 aliphatic heterocycles. The minimum Gasteiger partial charge on any atom is -0.384 e. The van der Waals surface area contributed by atoms with E-state index in [9.17, 15) is 0 Å². The van der Waals surface area contributed by atoms with Crippen molar-refractivity contribution in [3.63, 3.8) is 0 Å². The van der Waals surface area contributed by atoms with Gasteiger partial charge in [0.1, 0.15) is 11.5 Å². The molecule has 2 aromatic rings. The van der Waals surface area contributed by atoms with E-state index in [1.165, 1.54) is 43.4 Å². The van der Waals surface area contributed by atoms with Crippen LogP contribution in [0.4, 0.5) is 5.82 Å². The largest absolute Gasteiger partial charge is 0.384 e. The summed E-state index contributed by atoms with van der Waals surface area (Å²) in [5.74, 6) is 6.91. The molecular formula is C20H24N4O. The van der Waals surface area contributed by atoms with Gasteiger partial charge in [0.25, 0.3) is 0 Å². The van der Waals surface area contributed by atoms with Crippen LogP contribution in [0.2, 0.25) is 0 Å². The number of ether oxygens (including phenoxy) is 1. The second kappa shape index (κ2) is 6.89. The molecule has 1 saturated carbocycles. The van der Waals surface area contributed by atoms with Crippen LogP contribution in [0.5, 0.6) is 0 Å². The summed E-state index contributed by atoms with van der Waals surface area (Å²) in [6.07, 6.45) is 9.24. The number of pyridine rings is 1. The van der Waals surface area contributed by atoms with Gasteiger partial charge in [-0.2, -0.15) is 5.10 Å². The van der Waals surface area contributed by atoms with Gasteiger partial charge in [0.15, 0.2) is 0 Å². The molecule has 0 unspecified atom stereocenters. The molecule has 1 fully saturated rings. The van der Waals surface area contributed by atoms with Crippen molar-refractivity contribution in [1.82, 2.24) is 14.8 Å². The van der Waals surface area contributed by atoms with E-state index in [1.807, 2.05) is 6.07 Å². The van der Waals surface area contributed by atoms with Gasteiger partial charge in [-0.3, -0.25) is 4.68 Å². The summed E-state index contributed by atoms with van der Waals surface area (Å²) in [4.78, 5) is 4.09. The first-order valence-electron chi connectivity index (χ1n) is 9.16. The maximum absolute atomic E-state index is 5.86. The van der Waals surface area contributed by atoms with Crippen LogP contribution in [0, 0.1) is 11.8 Å². The van der Waals surface area contributed by atoms with Crippen molar-refractivity contribution < 1.29 is 4.74 Å². The highest BCUT2D eigenvalue weighted by molar-refractivity contribution is 5.46. The highest BCUT2D eigenvalue weighted by Gasteiger charge is 2.28. The first kappa shape index (κ1) is 16.2. The van der Waals surface area contributed by atoms with Crippen LogP contribution in [-0.4, -0.2) is 20.9 Å². The summed E-state index contributed by atoms with van der Waals surface area (Å²) >= 11 is 0. The third-order valence-electron chi connectivity index (χ3n) is 5.14. The highest BCUT2D eigenvalue weighted by atomic mass is 16.5. The lowest BCUT2D eigenvalue weighted by Gasteiger charge is -2.27. The second-order valence-electron chi connectivity index (χ2n) is 7.06. The predicted octanol–water partition coefficient (Wildman–Crippen LogP) is 3.23. The Hall–Kier alpha value is -2.32. The van der Waals surface area contributed by atoms with Gasteiger partial charge in [-0.25, -0.2) is 4.98 Å². The van der Waals surface area contributed by atoms with E-state index in [-0.39, 0.29) is 6.10 Å². The lowest BCUT2D eigenvalue weighted by atomic mass is 9.95. The zero-order chi connectivity index (χ0) is 17.2. The summed E-state index contributed by atoms with van der Waals surface area (Å²) in [7, 11) is 0. The molecule has 1 atom stereocenters. The molecular weight excluding hydrogens is 312 g/mol. The quantitative estimate of drug-likeness (QED) is 0.812. The Morgan fingerprint density at radius 2 is 2.04 bits per heavy atom. The monoisotopic (exact) mass is 336 g/mol. The van der Waals surface area contributed by atoms with Gasteiger partial charge < -0.3 is 10.5 Å². The molecule has 5 heteroatoms. The molecule has 2 aromatic heterocycles. The molecule has 5 nitrogen and oxygen atoms in total. The van der Waals surface area contributed by atoms with E-state index in [4.69, 9.17) is 15.6 Å². The Morgan fingerprint density at radius 1 is 1.20 bits per heavy atom. The number of hydrogen-bond donors (Lipinski definition) is 1. The van der Waals surface area contributed by atoms with Gasteiger partial charge in [-0.05, 0) is 37.8 Å². The maximum atomic E-state index is 5.86. The van der Waals surface area contributed by atoms with Crippen LogP contribution in [-0.2, 0) is 17.8 Å². The SMILES string of the molecule is C[C@@H]1Cc2c(c(C#Cc3ccc(N)nc3)nn2C2CCCCC2)CO1. The zero-order valence-corrected chi connectivity index (χ0v) is 14.7. The maximum Gasteiger partial charge on any atom is 0.141 e. The van der Waals surface area contributed by atoms with Crippen LogP contribution >= 0.6 is 0 Å². The Labute approximate surface area is 148 Å². The lowest BCUT2D eigenvalue weighted by Crippen LogP contribution is -2.24. The van der Waals surface area contributed by atoms with Crippen molar-refractivity contribution in [1.29, 1.82) is 0 Å². The minimum atomic E-state index is 0.244. The smallest absolute Gasteiger partial charge is 0.141 e. The number of fused-ring (bicyclic) bond motifs is 1. The fourth-order valence-electron chi connectivity index (χ4n) is 3.77. The summed E-state index contributed by atoms with van der Waals surface area (Å²) in [5.41, 5.74) is 9.82. The van der Waals surface area contributed by atoms with E-state index >= 15 is 0 Å². The summed E-state index contributed by atoms with van der Waals surface area (Å²) in [5, 5.41) is 4.90. The van der Waals surface area contributed by atoms with Crippen molar-refractivity contribution in [2.45, 2.75) is 64.2 Å². The molecule has 2 N–H and O–H groups in total. The number of nitrogens with two attached hydrogens (primary N) is 1. The van der Waals surface area contributed by atoms with E-state index in [2.05, 4.69) is 28.4 Å². The molecule has 1 aliphatic carbocycles. The van der Waals surface area contributed by atoms with Crippen molar-refractivity contribution in [3.05, 3.63) is 40.8 Å². The van der Waals surface area contributed by atoms with E-state index in [1.54, 1.807) is 12.3 Å². The molecule has 0 spiro atoms. The van der Waals surface area contributed by atoms with Crippen LogP contribution < -0.4 is 5.73 Å². The standard InChI is InChI=1S/C20H24N4O/c1-14-11-19-17(13-25-14)18(9-7-15-8-10-20(21)22-12-15)23-24(19)16-5-3-2-4-6-16/h8,10,12,14,16H,2-6,11,13H2,1H3,(H2,21,22)/t14-/m1/s1. The first-order chi connectivity index (χ1) is 12.2. The van der Waals surface area contributed by atoms with E-state index in [0.29, 0.717) is 18.5 Å². The number of aromatic nitrogens is 3. The lowest BCUT2D eigenvalue weighted by molar-refractivity contribution is 0.0384. The first-order valence-corrected chi connectivity index (χ1v) is 9.16. The Bertz CT molecular complexity index is 807. The van der Waals surface area contributed by atoms with Crippen molar-refractivity contribution in [3.8, 4) is 11.8 Å². The summed E-state index contributed by atoms with van der Waals surface area (Å²) in [6.45, 7) is 2.74. The van der Waals surface area contributed by atoms with Crippen LogP contribution in [0.1, 0.15) is 67.6 Å². The summed E-state index contributed by atoms with van der Waals surface area (Å²) < 4.78 is 8.13. The summed E-state index contributed by atoms with van der Waals surface area (Å²) in [6, 6.07) is 4.17. The molecule has 25 heavy (non-hydrogen) atoms. The average Bonchev–Trinajstić information content (AvgIpc) is 3.00. The molecule has 2 aliphatic rings. The minimum absolute atomic E-state index is 0.244. The molecule has 130 valence electrons. The topological polar surface area (TPSA) is 66.0 Å². The van der Waals surface area contributed by atoms with Crippen molar-refractivity contribution in [2.24, 2.45) is 0 Å². The fraction of sp³-hybridized carbons (Fsp3) is 0.500. The van der Waals surface area contributed by atoms with Crippen molar-refractivity contribution in [2.75, 3.05) is 5.73 Å². The zero-order valence-electron chi connectivity index (χ0n) is 14.7. The molecule has 3 heterocycles. The normalized spacial score (nSPS) is 20.6. The predicted molar refractivity (Wildman–Crippen MR) is 96.9 cm³/mol.